The number of aromatic nitrogens is 4. The standard InChI is InChI=1S/C22H21F3N6O/c23-22(24,25)12-31-7-3-15(4-8-31)32-19-18-16-9-14(13-1-5-27-6-2-13)10-29-21(16)30-17(18)11-28-20(19)26/h1-2,5-6,9-11,15H,3-4,7-8,12H2,(H2,26,28)(H,29,30). The SMILES string of the molecule is Nc1ncc2[nH]c3ncc(-c4ccncc4)cc3c2c1OC1CCN(CC(F)(F)F)CC1. The summed E-state index contributed by atoms with van der Waals surface area (Å²) in [6.07, 6.45) is 3.38. The molecule has 0 amide bonds. The van der Waals surface area contributed by atoms with Crippen molar-refractivity contribution in [3.8, 4) is 16.9 Å². The van der Waals surface area contributed by atoms with Gasteiger partial charge in [-0.15, -0.1) is 0 Å². The van der Waals surface area contributed by atoms with Crippen molar-refractivity contribution in [3.63, 3.8) is 0 Å². The first kappa shape index (κ1) is 20.5. The van der Waals surface area contributed by atoms with Crippen LogP contribution in [0.25, 0.3) is 33.1 Å². The molecule has 0 unspecified atom stereocenters. The maximum absolute atomic E-state index is 12.7. The van der Waals surface area contributed by atoms with Gasteiger partial charge in [0.1, 0.15) is 11.8 Å². The summed E-state index contributed by atoms with van der Waals surface area (Å²) in [6.45, 7) is -0.269. The van der Waals surface area contributed by atoms with Crippen LogP contribution in [0.1, 0.15) is 12.8 Å². The van der Waals surface area contributed by atoms with Gasteiger partial charge in [0.25, 0.3) is 0 Å². The number of halogens is 3. The molecule has 0 radical (unpaired) electrons. The van der Waals surface area contributed by atoms with Gasteiger partial charge in [0, 0.05) is 42.6 Å². The highest BCUT2D eigenvalue weighted by Gasteiger charge is 2.33. The molecule has 5 rings (SSSR count). The largest absolute Gasteiger partial charge is 0.486 e. The van der Waals surface area contributed by atoms with Crippen LogP contribution in [-0.2, 0) is 0 Å². The molecule has 7 nitrogen and oxygen atoms in total. The predicted molar refractivity (Wildman–Crippen MR) is 115 cm³/mol. The van der Waals surface area contributed by atoms with E-state index in [1.54, 1.807) is 24.8 Å². The van der Waals surface area contributed by atoms with E-state index in [4.69, 9.17) is 10.5 Å². The van der Waals surface area contributed by atoms with E-state index in [0.29, 0.717) is 37.3 Å². The number of anilines is 1. The lowest BCUT2D eigenvalue weighted by Gasteiger charge is -2.32. The summed E-state index contributed by atoms with van der Waals surface area (Å²) >= 11 is 0. The molecule has 32 heavy (non-hydrogen) atoms. The van der Waals surface area contributed by atoms with E-state index in [1.807, 2.05) is 18.2 Å². The van der Waals surface area contributed by atoms with E-state index in [9.17, 15) is 13.2 Å². The van der Waals surface area contributed by atoms with Gasteiger partial charge in [-0.3, -0.25) is 9.88 Å². The number of rotatable bonds is 4. The van der Waals surface area contributed by atoms with Crippen molar-refractivity contribution in [2.24, 2.45) is 0 Å². The van der Waals surface area contributed by atoms with Crippen LogP contribution in [-0.4, -0.2) is 56.8 Å². The smallest absolute Gasteiger partial charge is 0.401 e. The fourth-order valence-corrected chi connectivity index (χ4v) is 4.18. The normalized spacial score (nSPS) is 16.1. The van der Waals surface area contributed by atoms with Crippen molar-refractivity contribution in [1.29, 1.82) is 0 Å². The fourth-order valence-electron chi connectivity index (χ4n) is 4.18. The topological polar surface area (TPSA) is 93.0 Å². The van der Waals surface area contributed by atoms with Gasteiger partial charge in [-0.1, -0.05) is 0 Å². The molecule has 3 N–H and O–H groups in total. The van der Waals surface area contributed by atoms with E-state index < -0.39 is 12.7 Å². The highest BCUT2D eigenvalue weighted by Crippen LogP contribution is 2.38. The average Bonchev–Trinajstić information content (AvgIpc) is 3.14. The van der Waals surface area contributed by atoms with E-state index in [1.165, 1.54) is 4.90 Å². The van der Waals surface area contributed by atoms with Crippen molar-refractivity contribution >= 4 is 27.8 Å². The summed E-state index contributed by atoms with van der Waals surface area (Å²) in [4.78, 5) is 17.5. The quantitative estimate of drug-likeness (QED) is 0.493. The Morgan fingerprint density at radius 1 is 1.09 bits per heavy atom. The van der Waals surface area contributed by atoms with Gasteiger partial charge in [0.05, 0.1) is 23.6 Å². The predicted octanol–water partition coefficient (Wildman–Crippen LogP) is 4.16. The highest BCUT2D eigenvalue weighted by molar-refractivity contribution is 6.11. The average molecular weight is 442 g/mol. The van der Waals surface area contributed by atoms with E-state index in [2.05, 4.69) is 19.9 Å². The molecule has 0 saturated carbocycles. The molecule has 0 aliphatic carbocycles. The van der Waals surface area contributed by atoms with Gasteiger partial charge in [-0.25, -0.2) is 9.97 Å². The Labute approximate surface area is 181 Å². The molecular weight excluding hydrogens is 421 g/mol. The van der Waals surface area contributed by atoms with Crippen molar-refractivity contribution in [2.45, 2.75) is 25.1 Å². The number of hydrogen-bond acceptors (Lipinski definition) is 6. The third kappa shape index (κ3) is 4.05. The van der Waals surface area contributed by atoms with E-state index >= 15 is 0 Å². The number of fused-ring (bicyclic) bond motifs is 3. The summed E-state index contributed by atoms with van der Waals surface area (Å²) in [5.41, 5.74) is 9.48. The Hall–Kier alpha value is -3.40. The first-order valence-corrected chi connectivity index (χ1v) is 10.3. The van der Waals surface area contributed by atoms with E-state index in [-0.39, 0.29) is 11.9 Å². The molecule has 1 aliphatic heterocycles. The highest BCUT2D eigenvalue weighted by atomic mass is 19.4. The lowest BCUT2D eigenvalue weighted by molar-refractivity contribution is -0.149. The maximum atomic E-state index is 12.7. The monoisotopic (exact) mass is 442 g/mol. The minimum Gasteiger partial charge on any atom is -0.486 e. The number of piperidine rings is 1. The van der Waals surface area contributed by atoms with Crippen molar-refractivity contribution in [3.05, 3.63) is 43.0 Å². The van der Waals surface area contributed by atoms with E-state index in [0.717, 1.165) is 27.4 Å². The molecule has 4 aromatic heterocycles. The Morgan fingerprint density at radius 2 is 1.84 bits per heavy atom. The zero-order chi connectivity index (χ0) is 22.3. The van der Waals surface area contributed by atoms with Gasteiger partial charge >= 0.3 is 6.18 Å². The number of hydrogen-bond donors (Lipinski definition) is 2. The molecule has 5 heterocycles. The minimum absolute atomic E-state index is 0.240. The number of likely N-dealkylation sites (tertiary alicyclic amines) is 1. The van der Waals surface area contributed by atoms with Gasteiger partial charge in [-0.2, -0.15) is 13.2 Å². The lowest BCUT2D eigenvalue weighted by Crippen LogP contribution is -2.42. The third-order valence-corrected chi connectivity index (χ3v) is 5.71. The Kier molecular flexibility index (Phi) is 5.09. The van der Waals surface area contributed by atoms with Crippen molar-refractivity contribution in [2.75, 3.05) is 25.4 Å². The molecule has 0 bridgehead atoms. The summed E-state index contributed by atoms with van der Waals surface area (Å²) < 4.78 is 44.2. The van der Waals surface area contributed by atoms with Crippen LogP contribution in [0.2, 0.25) is 0 Å². The van der Waals surface area contributed by atoms with Crippen molar-refractivity contribution in [1.82, 2.24) is 24.8 Å². The molecule has 0 aromatic carbocycles. The Balaban J connectivity index is 1.47. The number of aromatic amines is 1. The molecule has 0 atom stereocenters. The number of H-pyrrole nitrogens is 1. The lowest BCUT2D eigenvalue weighted by atomic mass is 10.1. The second-order valence-corrected chi connectivity index (χ2v) is 7.95. The van der Waals surface area contributed by atoms with Gasteiger partial charge < -0.3 is 15.5 Å². The zero-order valence-corrected chi connectivity index (χ0v) is 17.1. The van der Waals surface area contributed by atoms with Crippen LogP contribution in [0.3, 0.4) is 0 Å². The second-order valence-electron chi connectivity index (χ2n) is 7.95. The molecule has 166 valence electrons. The number of alkyl halides is 3. The molecule has 1 fully saturated rings. The Bertz CT molecular complexity index is 1250. The van der Waals surface area contributed by atoms with Crippen LogP contribution in [0.4, 0.5) is 19.0 Å². The van der Waals surface area contributed by atoms with Crippen LogP contribution in [0, 0.1) is 0 Å². The molecule has 1 saturated heterocycles. The number of ether oxygens (including phenoxy) is 1. The number of nitrogens with one attached hydrogen (secondary N) is 1. The summed E-state index contributed by atoms with van der Waals surface area (Å²) in [5, 5.41) is 1.61. The first-order valence-electron chi connectivity index (χ1n) is 10.3. The fraction of sp³-hybridized carbons (Fsp3) is 0.318. The molecular formula is C22H21F3N6O. The van der Waals surface area contributed by atoms with Gasteiger partial charge in [0.2, 0.25) is 0 Å². The minimum atomic E-state index is -4.20. The zero-order valence-electron chi connectivity index (χ0n) is 17.1. The Morgan fingerprint density at radius 3 is 2.56 bits per heavy atom. The maximum Gasteiger partial charge on any atom is 0.401 e. The summed E-state index contributed by atoms with van der Waals surface area (Å²) in [7, 11) is 0. The van der Waals surface area contributed by atoms with Crippen LogP contribution in [0.15, 0.2) is 43.0 Å². The number of nitrogen functional groups attached to an aromatic ring is 1. The van der Waals surface area contributed by atoms with Crippen LogP contribution >= 0.6 is 0 Å². The number of nitrogens with zero attached hydrogens (tertiary/aromatic N) is 4. The van der Waals surface area contributed by atoms with Gasteiger partial charge in [0.15, 0.2) is 11.6 Å². The first-order chi connectivity index (χ1) is 15.4. The number of pyridine rings is 3. The van der Waals surface area contributed by atoms with Gasteiger partial charge in [-0.05, 0) is 36.6 Å². The second kappa shape index (κ2) is 7.94. The third-order valence-electron chi connectivity index (χ3n) is 5.71. The summed E-state index contributed by atoms with van der Waals surface area (Å²) in [6, 6.07) is 5.81. The number of nitrogens with two attached hydrogens (primary N) is 1. The summed E-state index contributed by atoms with van der Waals surface area (Å²) in [5.74, 6) is 0.683. The molecule has 10 heteroatoms. The van der Waals surface area contributed by atoms with Crippen LogP contribution in [0.5, 0.6) is 5.75 Å². The molecule has 1 aliphatic rings. The van der Waals surface area contributed by atoms with Crippen molar-refractivity contribution < 1.29 is 17.9 Å². The molecule has 0 spiro atoms. The molecule has 4 aromatic rings. The van der Waals surface area contributed by atoms with Crippen LogP contribution < -0.4 is 10.5 Å².